The molecule has 134 valence electrons. The molecule has 7 heteroatoms. The first-order valence-electron chi connectivity index (χ1n) is 8.23. The SMILES string of the molecule is O=C(CCCOc1ccccc1)NCc1nnc(-c2ccc(Cl)cc2)o1. The monoisotopic (exact) mass is 371 g/mol. The number of rotatable bonds is 8. The van der Waals surface area contributed by atoms with E-state index >= 15 is 0 Å². The summed E-state index contributed by atoms with van der Waals surface area (Å²) in [5.74, 6) is 1.45. The number of hydrogen-bond acceptors (Lipinski definition) is 5. The van der Waals surface area contributed by atoms with E-state index < -0.39 is 0 Å². The van der Waals surface area contributed by atoms with E-state index in [1.165, 1.54) is 0 Å². The van der Waals surface area contributed by atoms with Crippen LogP contribution in [0.1, 0.15) is 18.7 Å². The molecule has 0 radical (unpaired) electrons. The summed E-state index contributed by atoms with van der Waals surface area (Å²) < 4.78 is 11.1. The molecule has 0 fully saturated rings. The second-order valence-corrected chi connectivity index (χ2v) is 5.99. The van der Waals surface area contributed by atoms with Gasteiger partial charge in [0.25, 0.3) is 0 Å². The van der Waals surface area contributed by atoms with E-state index in [2.05, 4.69) is 15.5 Å². The molecule has 0 aliphatic rings. The van der Waals surface area contributed by atoms with E-state index in [1.807, 2.05) is 30.3 Å². The number of hydrogen-bond donors (Lipinski definition) is 1. The molecular formula is C19H18ClN3O3. The van der Waals surface area contributed by atoms with Gasteiger partial charge in [0.1, 0.15) is 5.75 Å². The summed E-state index contributed by atoms with van der Waals surface area (Å²) in [4.78, 5) is 11.9. The number of amides is 1. The first-order chi connectivity index (χ1) is 12.7. The van der Waals surface area contributed by atoms with Crippen LogP contribution in [0, 0.1) is 0 Å². The largest absolute Gasteiger partial charge is 0.494 e. The molecule has 6 nitrogen and oxygen atoms in total. The highest BCUT2D eigenvalue weighted by molar-refractivity contribution is 6.30. The quantitative estimate of drug-likeness (QED) is 0.608. The van der Waals surface area contributed by atoms with Gasteiger partial charge < -0.3 is 14.5 Å². The van der Waals surface area contributed by atoms with Crippen LogP contribution < -0.4 is 10.1 Å². The number of nitrogens with zero attached hydrogens (tertiary/aromatic N) is 2. The number of carbonyl (C=O) groups is 1. The second kappa shape index (κ2) is 9.01. The lowest BCUT2D eigenvalue weighted by atomic mass is 10.2. The fourth-order valence-electron chi connectivity index (χ4n) is 2.24. The molecule has 1 N–H and O–H groups in total. The molecule has 3 aromatic rings. The van der Waals surface area contributed by atoms with Crippen molar-refractivity contribution in [1.82, 2.24) is 15.5 Å². The van der Waals surface area contributed by atoms with Gasteiger partial charge >= 0.3 is 0 Å². The maximum atomic E-state index is 11.9. The number of nitrogens with one attached hydrogen (secondary N) is 1. The highest BCUT2D eigenvalue weighted by Gasteiger charge is 2.10. The van der Waals surface area contributed by atoms with Crippen molar-refractivity contribution in [2.75, 3.05) is 6.61 Å². The second-order valence-electron chi connectivity index (χ2n) is 5.55. The molecule has 0 aliphatic heterocycles. The van der Waals surface area contributed by atoms with Gasteiger partial charge in [-0.25, -0.2) is 0 Å². The lowest BCUT2D eigenvalue weighted by Crippen LogP contribution is -2.23. The minimum atomic E-state index is -0.0899. The van der Waals surface area contributed by atoms with Gasteiger partial charge in [-0.1, -0.05) is 29.8 Å². The van der Waals surface area contributed by atoms with Crippen molar-refractivity contribution < 1.29 is 13.9 Å². The van der Waals surface area contributed by atoms with Crippen LogP contribution in [-0.4, -0.2) is 22.7 Å². The van der Waals surface area contributed by atoms with Crippen LogP contribution in [0.15, 0.2) is 59.0 Å². The van der Waals surface area contributed by atoms with Crippen LogP contribution in [0.5, 0.6) is 5.75 Å². The van der Waals surface area contributed by atoms with Gasteiger partial charge in [-0.15, -0.1) is 10.2 Å². The van der Waals surface area contributed by atoms with Crippen molar-refractivity contribution in [2.24, 2.45) is 0 Å². The van der Waals surface area contributed by atoms with Crippen LogP contribution in [0.25, 0.3) is 11.5 Å². The Morgan fingerprint density at radius 2 is 1.85 bits per heavy atom. The molecule has 0 saturated heterocycles. The molecule has 0 unspecified atom stereocenters. The van der Waals surface area contributed by atoms with E-state index in [-0.39, 0.29) is 12.5 Å². The van der Waals surface area contributed by atoms with Crippen molar-refractivity contribution in [3.05, 3.63) is 65.5 Å². The Hall–Kier alpha value is -2.86. The number of para-hydroxylation sites is 1. The zero-order chi connectivity index (χ0) is 18.2. The van der Waals surface area contributed by atoms with Crippen molar-refractivity contribution >= 4 is 17.5 Å². The summed E-state index contributed by atoms with van der Waals surface area (Å²) in [6, 6.07) is 16.6. The smallest absolute Gasteiger partial charge is 0.247 e. The zero-order valence-corrected chi connectivity index (χ0v) is 14.8. The molecule has 1 heterocycles. The van der Waals surface area contributed by atoms with Crippen molar-refractivity contribution in [1.29, 1.82) is 0 Å². The lowest BCUT2D eigenvalue weighted by Gasteiger charge is -2.05. The van der Waals surface area contributed by atoms with Gasteiger partial charge in [0.2, 0.25) is 17.7 Å². The molecule has 1 aromatic heterocycles. The lowest BCUT2D eigenvalue weighted by molar-refractivity contribution is -0.121. The number of carbonyl (C=O) groups excluding carboxylic acids is 1. The maximum absolute atomic E-state index is 11.9. The summed E-state index contributed by atoms with van der Waals surface area (Å²) in [6.45, 7) is 0.678. The van der Waals surface area contributed by atoms with Gasteiger partial charge in [0.15, 0.2) is 0 Å². The normalized spacial score (nSPS) is 10.5. The fraction of sp³-hybridized carbons (Fsp3) is 0.211. The summed E-state index contributed by atoms with van der Waals surface area (Å²) in [5.41, 5.74) is 0.775. The summed E-state index contributed by atoms with van der Waals surface area (Å²) in [7, 11) is 0. The van der Waals surface area contributed by atoms with Crippen LogP contribution in [0.2, 0.25) is 5.02 Å². The average molecular weight is 372 g/mol. The first-order valence-corrected chi connectivity index (χ1v) is 8.61. The Morgan fingerprint density at radius 3 is 2.62 bits per heavy atom. The molecule has 0 bridgehead atoms. The third kappa shape index (κ3) is 5.32. The first kappa shape index (κ1) is 17.9. The van der Waals surface area contributed by atoms with Gasteiger partial charge in [-0.2, -0.15) is 0 Å². The van der Waals surface area contributed by atoms with E-state index in [9.17, 15) is 4.79 Å². The maximum Gasteiger partial charge on any atom is 0.247 e. The van der Waals surface area contributed by atoms with Gasteiger partial charge in [0, 0.05) is 17.0 Å². The Kier molecular flexibility index (Phi) is 6.22. The van der Waals surface area contributed by atoms with E-state index in [4.69, 9.17) is 20.8 Å². The van der Waals surface area contributed by atoms with Crippen molar-refractivity contribution in [3.63, 3.8) is 0 Å². The molecule has 0 aliphatic carbocycles. The number of aromatic nitrogens is 2. The predicted molar refractivity (Wildman–Crippen MR) is 97.8 cm³/mol. The average Bonchev–Trinajstić information content (AvgIpc) is 3.14. The van der Waals surface area contributed by atoms with Crippen LogP contribution in [0.4, 0.5) is 0 Å². The van der Waals surface area contributed by atoms with Crippen molar-refractivity contribution in [2.45, 2.75) is 19.4 Å². The summed E-state index contributed by atoms with van der Waals surface area (Å²) >= 11 is 5.85. The van der Waals surface area contributed by atoms with Gasteiger partial charge in [0.05, 0.1) is 13.2 Å². The molecule has 26 heavy (non-hydrogen) atoms. The summed E-state index contributed by atoms with van der Waals surface area (Å²) in [6.07, 6.45) is 0.992. The minimum absolute atomic E-state index is 0.0899. The third-order valence-electron chi connectivity index (χ3n) is 3.55. The highest BCUT2D eigenvalue weighted by Crippen LogP contribution is 2.20. The van der Waals surface area contributed by atoms with Gasteiger partial charge in [-0.3, -0.25) is 4.79 Å². The Morgan fingerprint density at radius 1 is 1.08 bits per heavy atom. The molecule has 0 atom stereocenters. The third-order valence-corrected chi connectivity index (χ3v) is 3.81. The molecule has 0 spiro atoms. The number of ether oxygens (including phenoxy) is 1. The van der Waals surface area contributed by atoms with Crippen molar-refractivity contribution in [3.8, 4) is 17.2 Å². The number of halogens is 1. The fourth-order valence-corrected chi connectivity index (χ4v) is 2.36. The van der Waals surface area contributed by atoms with Crippen LogP contribution in [-0.2, 0) is 11.3 Å². The van der Waals surface area contributed by atoms with Crippen LogP contribution >= 0.6 is 11.6 Å². The molecule has 1 amide bonds. The standard InChI is InChI=1S/C19H18ClN3O3/c20-15-10-8-14(9-11-15)19-23-22-18(26-19)13-21-17(24)7-4-12-25-16-5-2-1-3-6-16/h1-3,5-6,8-11H,4,7,12-13H2,(H,21,24). The predicted octanol–water partition coefficient (Wildman–Crippen LogP) is 3.87. The molecular weight excluding hydrogens is 354 g/mol. The molecule has 3 rings (SSSR count). The highest BCUT2D eigenvalue weighted by atomic mass is 35.5. The van der Waals surface area contributed by atoms with E-state index in [1.54, 1.807) is 24.3 Å². The Labute approximate surface area is 156 Å². The topological polar surface area (TPSA) is 77.2 Å². The molecule has 0 saturated carbocycles. The number of benzene rings is 2. The minimum Gasteiger partial charge on any atom is -0.494 e. The summed E-state index contributed by atoms with van der Waals surface area (Å²) in [5, 5.41) is 11.3. The van der Waals surface area contributed by atoms with Crippen LogP contribution in [0.3, 0.4) is 0 Å². The Bertz CT molecular complexity index is 835. The zero-order valence-electron chi connectivity index (χ0n) is 14.0. The van der Waals surface area contributed by atoms with E-state index in [0.29, 0.717) is 36.3 Å². The van der Waals surface area contributed by atoms with Gasteiger partial charge in [-0.05, 0) is 42.8 Å². The van der Waals surface area contributed by atoms with E-state index in [0.717, 1.165) is 11.3 Å². The molecule has 2 aromatic carbocycles. The Balaban J connectivity index is 1.38.